The lowest BCUT2D eigenvalue weighted by molar-refractivity contribution is 0.0678. The Morgan fingerprint density at radius 3 is 2.32 bits per heavy atom. The SMILES string of the molecule is O=C(NO)c1ccc(Cn2c3c(c4cc(F)ccc42)C(=O)N(CCN2CCN(CCO)CC2)CC3)cc1. The summed E-state index contributed by atoms with van der Waals surface area (Å²) in [5.74, 6) is -1.02. The molecule has 5 rings (SSSR count). The number of halogens is 1. The third-order valence-corrected chi connectivity index (χ3v) is 7.48. The predicted molar refractivity (Wildman–Crippen MR) is 136 cm³/mol. The van der Waals surface area contributed by atoms with Crippen LogP contribution in [-0.2, 0) is 13.0 Å². The van der Waals surface area contributed by atoms with Crippen LogP contribution in [0.1, 0.15) is 32.0 Å². The number of aromatic nitrogens is 1. The van der Waals surface area contributed by atoms with Gasteiger partial charge in [-0.15, -0.1) is 0 Å². The summed E-state index contributed by atoms with van der Waals surface area (Å²) in [5, 5.41) is 18.6. The Bertz CT molecular complexity index is 1280. The molecule has 3 aromatic rings. The highest BCUT2D eigenvalue weighted by Gasteiger charge is 2.31. The molecule has 1 aromatic heterocycles. The van der Waals surface area contributed by atoms with Crippen LogP contribution in [0.3, 0.4) is 0 Å². The molecule has 1 fully saturated rings. The zero-order chi connectivity index (χ0) is 25.9. The topological polar surface area (TPSA) is 101 Å². The first-order valence-corrected chi connectivity index (χ1v) is 12.7. The van der Waals surface area contributed by atoms with Crippen molar-refractivity contribution in [1.82, 2.24) is 24.7 Å². The number of hydroxylamine groups is 1. The van der Waals surface area contributed by atoms with E-state index < -0.39 is 5.91 Å². The van der Waals surface area contributed by atoms with Crippen molar-refractivity contribution in [1.29, 1.82) is 0 Å². The van der Waals surface area contributed by atoms with E-state index in [1.165, 1.54) is 12.1 Å². The van der Waals surface area contributed by atoms with Gasteiger partial charge in [0, 0.05) is 87.5 Å². The Hall–Kier alpha value is -3.31. The second-order valence-corrected chi connectivity index (χ2v) is 9.66. The number of rotatable bonds is 8. The fraction of sp³-hybridized carbons (Fsp3) is 0.407. The van der Waals surface area contributed by atoms with Gasteiger partial charge in [0.2, 0.25) is 0 Å². The highest BCUT2D eigenvalue weighted by atomic mass is 19.1. The Balaban J connectivity index is 1.35. The van der Waals surface area contributed by atoms with E-state index in [4.69, 9.17) is 10.3 Å². The van der Waals surface area contributed by atoms with Crippen LogP contribution < -0.4 is 5.48 Å². The first-order chi connectivity index (χ1) is 18.0. The number of hydrogen-bond donors (Lipinski definition) is 3. The quantitative estimate of drug-likeness (QED) is 0.315. The monoisotopic (exact) mass is 509 g/mol. The molecule has 2 aliphatic heterocycles. The van der Waals surface area contributed by atoms with E-state index in [0.717, 1.165) is 49.5 Å². The van der Waals surface area contributed by atoms with Gasteiger partial charge in [-0.3, -0.25) is 24.6 Å². The van der Waals surface area contributed by atoms with Crippen LogP contribution in [0, 0.1) is 5.82 Å². The van der Waals surface area contributed by atoms with Crippen LogP contribution in [0.15, 0.2) is 42.5 Å². The molecule has 0 spiro atoms. The van der Waals surface area contributed by atoms with E-state index in [1.807, 2.05) is 17.0 Å². The maximum Gasteiger partial charge on any atom is 0.274 e. The van der Waals surface area contributed by atoms with Gasteiger partial charge in [0.25, 0.3) is 11.8 Å². The first kappa shape index (κ1) is 25.3. The lowest BCUT2D eigenvalue weighted by Crippen LogP contribution is -2.50. The summed E-state index contributed by atoms with van der Waals surface area (Å²) in [6.45, 7) is 7.01. The number of fused-ring (bicyclic) bond motifs is 3. The number of carbonyl (C=O) groups is 2. The van der Waals surface area contributed by atoms with Crippen molar-refractivity contribution in [2.75, 3.05) is 59.0 Å². The third kappa shape index (κ3) is 5.24. The average molecular weight is 510 g/mol. The number of β-amino-alcohol motifs (C(OH)–C–C–N with tert-alkyl or cyclic N) is 1. The van der Waals surface area contributed by atoms with Crippen LogP contribution in [0.25, 0.3) is 10.9 Å². The van der Waals surface area contributed by atoms with E-state index in [2.05, 4.69) is 14.4 Å². The van der Waals surface area contributed by atoms with E-state index in [1.54, 1.807) is 23.7 Å². The number of aliphatic hydroxyl groups excluding tert-OH is 1. The zero-order valence-corrected chi connectivity index (χ0v) is 20.7. The third-order valence-electron chi connectivity index (χ3n) is 7.48. The van der Waals surface area contributed by atoms with Gasteiger partial charge in [-0.05, 0) is 35.9 Å². The zero-order valence-electron chi connectivity index (χ0n) is 20.7. The molecule has 0 aliphatic carbocycles. The normalized spacial score (nSPS) is 16.8. The van der Waals surface area contributed by atoms with E-state index in [9.17, 15) is 14.0 Å². The fourth-order valence-electron chi connectivity index (χ4n) is 5.42. The lowest BCUT2D eigenvalue weighted by Gasteiger charge is -2.36. The van der Waals surface area contributed by atoms with Crippen molar-refractivity contribution in [3.05, 3.63) is 70.7 Å². The molecule has 0 bridgehead atoms. The number of hydrogen-bond acceptors (Lipinski definition) is 6. The number of carbonyl (C=O) groups excluding carboxylic acids is 2. The molecule has 10 heteroatoms. The summed E-state index contributed by atoms with van der Waals surface area (Å²) in [5.41, 5.74) is 5.17. The van der Waals surface area contributed by atoms with Crippen molar-refractivity contribution in [2.24, 2.45) is 0 Å². The van der Waals surface area contributed by atoms with Crippen LogP contribution in [-0.4, -0.2) is 100 Å². The van der Waals surface area contributed by atoms with Crippen molar-refractivity contribution in [3.8, 4) is 0 Å². The summed E-state index contributed by atoms with van der Waals surface area (Å²) in [7, 11) is 0. The van der Waals surface area contributed by atoms with Crippen molar-refractivity contribution < 1.29 is 24.3 Å². The number of amides is 2. The van der Waals surface area contributed by atoms with Crippen molar-refractivity contribution in [2.45, 2.75) is 13.0 Å². The molecule has 2 aromatic carbocycles. The molecule has 0 unspecified atom stereocenters. The van der Waals surface area contributed by atoms with Crippen molar-refractivity contribution in [3.63, 3.8) is 0 Å². The number of nitrogens with zero attached hydrogens (tertiary/aromatic N) is 4. The molecular weight excluding hydrogens is 477 g/mol. The van der Waals surface area contributed by atoms with Crippen LogP contribution >= 0.6 is 0 Å². The average Bonchev–Trinajstić information content (AvgIpc) is 3.22. The smallest absolute Gasteiger partial charge is 0.274 e. The molecule has 0 radical (unpaired) electrons. The van der Waals surface area contributed by atoms with Crippen LogP contribution in [0.2, 0.25) is 0 Å². The standard InChI is InChI=1S/C27H32FN5O4/c28-21-5-6-23-22(17-21)25-24(33(23)18-19-1-3-20(4-2-19)26(35)29-37)7-8-32(27(25)36)14-13-30-9-11-31(12-10-30)15-16-34/h1-6,17,34,37H,7-16,18H2,(H,29,35). The van der Waals surface area contributed by atoms with E-state index >= 15 is 0 Å². The van der Waals surface area contributed by atoms with E-state index in [-0.39, 0.29) is 18.3 Å². The number of nitrogens with one attached hydrogen (secondary N) is 1. The van der Waals surface area contributed by atoms with Gasteiger partial charge in [0.05, 0.1) is 12.2 Å². The minimum atomic E-state index is -0.580. The Kier molecular flexibility index (Phi) is 7.52. The molecule has 9 nitrogen and oxygen atoms in total. The maximum atomic E-state index is 14.3. The molecule has 1 saturated heterocycles. The summed E-state index contributed by atoms with van der Waals surface area (Å²) in [4.78, 5) is 31.7. The number of piperazine rings is 1. The second-order valence-electron chi connectivity index (χ2n) is 9.66. The number of aliphatic hydroxyl groups is 1. The minimum absolute atomic E-state index is 0.0653. The van der Waals surface area contributed by atoms with Gasteiger partial charge < -0.3 is 14.6 Å². The Morgan fingerprint density at radius 2 is 1.65 bits per heavy atom. The Labute approximate surface area is 214 Å². The molecule has 2 aliphatic rings. The lowest BCUT2D eigenvalue weighted by atomic mass is 10.0. The Morgan fingerprint density at radius 1 is 0.946 bits per heavy atom. The molecule has 37 heavy (non-hydrogen) atoms. The van der Waals surface area contributed by atoms with Crippen LogP contribution in [0.4, 0.5) is 4.39 Å². The molecule has 196 valence electrons. The van der Waals surface area contributed by atoms with E-state index in [0.29, 0.717) is 49.1 Å². The summed E-state index contributed by atoms with van der Waals surface area (Å²) >= 11 is 0. The molecular formula is C27H32FN5O4. The maximum absolute atomic E-state index is 14.3. The van der Waals surface area contributed by atoms with Crippen molar-refractivity contribution >= 4 is 22.7 Å². The molecule has 3 heterocycles. The molecule has 2 amide bonds. The highest BCUT2D eigenvalue weighted by Crippen LogP contribution is 2.32. The van der Waals surface area contributed by atoms with Gasteiger partial charge in [0.15, 0.2) is 0 Å². The van der Waals surface area contributed by atoms with Crippen LogP contribution in [0.5, 0.6) is 0 Å². The number of benzene rings is 2. The summed E-state index contributed by atoms with van der Waals surface area (Å²) < 4.78 is 16.3. The summed E-state index contributed by atoms with van der Waals surface area (Å²) in [6, 6.07) is 11.5. The molecule has 3 N–H and O–H groups in total. The van der Waals surface area contributed by atoms with Gasteiger partial charge in [-0.2, -0.15) is 0 Å². The first-order valence-electron chi connectivity index (χ1n) is 12.7. The van der Waals surface area contributed by atoms with Gasteiger partial charge >= 0.3 is 0 Å². The van der Waals surface area contributed by atoms with Gasteiger partial charge in [-0.1, -0.05) is 12.1 Å². The predicted octanol–water partition coefficient (Wildman–Crippen LogP) is 1.56. The molecule has 0 atom stereocenters. The molecule has 0 saturated carbocycles. The largest absolute Gasteiger partial charge is 0.395 e. The highest BCUT2D eigenvalue weighted by molar-refractivity contribution is 6.09. The second kappa shape index (κ2) is 11.0. The summed E-state index contributed by atoms with van der Waals surface area (Å²) in [6.07, 6.45) is 0.673. The fourth-order valence-corrected chi connectivity index (χ4v) is 5.42. The van der Waals surface area contributed by atoms with Gasteiger partial charge in [0.1, 0.15) is 5.82 Å². The van der Waals surface area contributed by atoms with Gasteiger partial charge in [-0.25, -0.2) is 9.87 Å². The minimum Gasteiger partial charge on any atom is -0.395 e.